The molecule has 0 spiro atoms. The normalized spacial score (nSPS) is 10.7. The summed E-state index contributed by atoms with van der Waals surface area (Å²) in [4.78, 5) is 0. The van der Waals surface area contributed by atoms with E-state index in [1.165, 1.54) is 18.4 Å². The van der Waals surface area contributed by atoms with Gasteiger partial charge in [0, 0.05) is 0 Å². The largest absolute Gasteiger partial charge is 0.159 e. The molecule has 0 saturated carbocycles. The fourth-order valence-electron chi connectivity index (χ4n) is 1.48. The first kappa shape index (κ1) is 9.17. The van der Waals surface area contributed by atoms with Crippen LogP contribution in [0.15, 0.2) is 12.3 Å². The van der Waals surface area contributed by atoms with E-state index in [-0.39, 0.29) is 0 Å². The molecule has 0 N–H and O–H groups in total. The lowest BCUT2D eigenvalue weighted by molar-refractivity contribution is 0.635. The zero-order valence-corrected chi connectivity index (χ0v) is 8.04. The lowest BCUT2D eigenvalue weighted by Gasteiger charge is -2.11. The molecular weight excluding hydrogens is 148 g/mol. The van der Waals surface area contributed by atoms with Crippen LogP contribution in [-0.2, 0) is 0 Å². The van der Waals surface area contributed by atoms with Gasteiger partial charge in [0.15, 0.2) is 0 Å². The van der Waals surface area contributed by atoms with Crippen LogP contribution >= 0.6 is 0 Å². The van der Waals surface area contributed by atoms with Crippen molar-refractivity contribution in [2.45, 2.75) is 39.5 Å². The predicted molar refractivity (Wildman–Crippen MR) is 50.1 cm³/mol. The number of aryl methyl sites for hydroxylation is 1. The molecule has 66 valence electrons. The Kier molecular flexibility index (Phi) is 3.20. The molecule has 0 unspecified atom stereocenters. The molecule has 1 aromatic heterocycles. The summed E-state index contributed by atoms with van der Waals surface area (Å²) >= 11 is 0. The maximum Gasteiger partial charge on any atom is 0.0603 e. The van der Waals surface area contributed by atoms with Crippen LogP contribution in [0.1, 0.15) is 43.9 Å². The lowest BCUT2D eigenvalue weighted by Crippen LogP contribution is -1.98. The van der Waals surface area contributed by atoms with Gasteiger partial charge in [-0.05, 0) is 37.3 Å². The highest BCUT2D eigenvalue weighted by Crippen LogP contribution is 2.21. The van der Waals surface area contributed by atoms with Crippen LogP contribution in [0.4, 0.5) is 0 Å². The molecule has 0 fully saturated rings. The smallest absolute Gasteiger partial charge is 0.0603 e. The van der Waals surface area contributed by atoms with Crippen molar-refractivity contribution in [2.24, 2.45) is 0 Å². The van der Waals surface area contributed by atoms with Crippen molar-refractivity contribution in [1.29, 1.82) is 0 Å². The van der Waals surface area contributed by atoms with Crippen molar-refractivity contribution in [3.8, 4) is 0 Å². The van der Waals surface area contributed by atoms with Gasteiger partial charge in [0.2, 0.25) is 0 Å². The van der Waals surface area contributed by atoms with E-state index in [1.54, 1.807) is 0 Å². The molecule has 0 saturated heterocycles. The maximum absolute atomic E-state index is 3.95. The summed E-state index contributed by atoms with van der Waals surface area (Å²) in [7, 11) is 0. The Morgan fingerprint density at radius 1 is 1.33 bits per heavy atom. The minimum absolute atomic E-state index is 0.652. The summed E-state index contributed by atoms with van der Waals surface area (Å²) in [5.74, 6) is 0.652. The first-order valence-corrected chi connectivity index (χ1v) is 4.57. The fourth-order valence-corrected chi connectivity index (χ4v) is 1.48. The van der Waals surface area contributed by atoms with E-state index in [4.69, 9.17) is 0 Å². The van der Waals surface area contributed by atoms with E-state index in [9.17, 15) is 0 Å². The van der Waals surface area contributed by atoms with Gasteiger partial charge in [-0.1, -0.05) is 13.8 Å². The topological polar surface area (TPSA) is 25.8 Å². The van der Waals surface area contributed by atoms with Crippen LogP contribution in [0.2, 0.25) is 0 Å². The van der Waals surface area contributed by atoms with Gasteiger partial charge < -0.3 is 0 Å². The summed E-state index contributed by atoms with van der Waals surface area (Å²) in [6.45, 7) is 6.41. The molecule has 0 aliphatic rings. The number of rotatable bonds is 3. The minimum Gasteiger partial charge on any atom is -0.159 e. The molecule has 12 heavy (non-hydrogen) atoms. The molecule has 1 heterocycles. The number of aromatic nitrogens is 2. The van der Waals surface area contributed by atoms with Gasteiger partial charge in [-0.3, -0.25) is 0 Å². The van der Waals surface area contributed by atoms with Crippen LogP contribution < -0.4 is 0 Å². The maximum atomic E-state index is 3.95. The molecule has 0 amide bonds. The molecule has 1 aromatic rings. The third-order valence-corrected chi connectivity index (χ3v) is 2.25. The molecule has 2 heteroatoms. The molecule has 0 aliphatic carbocycles. The summed E-state index contributed by atoms with van der Waals surface area (Å²) in [6, 6.07) is 2.13. The molecule has 2 nitrogen and oxygen atoms in total. The molecular formula is C10H16N2. The van der Waals surface area contributed by atoms with Crippen LogP contribution in [0, 0.1) is 6.92 Å². The Hall–Kier alpha value is -0.920. The Morgan fingerprint density at radius 3 is 2.50 bits per heavy atom. The summed E-state index contributed by atoms with van der Waals surface area (Å²) < 4.78 is 0. The van der Waals surface area contributed by atoms with Crippen LogP contribution in [0.3, 0.4) is 0 Å². The Morgan fingerprint density at radius 2 is 2.00 bits per heavy atom. The van der Waals surface area contributed by atoms with Crippen LogP contribution in [-0.4, -0.2) is 10.2 Å². The summed E-state index contributed by atoms with van der Waals surface area (Å²) in [5, 5.41) is 7.89. The van der Waals surface area contributed by atoms with Crippen LogP contribution in [0.25, 0.3) is 0 Å². The average Bonchev–Trinajstić information content (AvgIpc) is 2.07. The Bertz CT molecular complexity index is 241. The van der Waals surface area contributed by atoms with E-state index >= 15 is 0 Å². The second-order valence-electron chi connectivity index (χ2n) is 3.14. The Labute approximate surface area is 74.0 Å². The first-order valence-electron chi connectivity index (χ1n) is 4.57. The third kappa shape index (κ3) is 2.03. The number of nitrogens with zero attached hydrogens (tertiary/aromatic N) is 2. The van der Waals surface area contributed by atoms with E-state index in [0.29, 0.717) is 5.92 Å². The van der Waals surface area contributed by atoms with Gasteiger partial charge in [-0.2, -0.15) is 10.2 Å². The van der Waals surface area contributed by atoms with Crippen molar-refractivity contribution in [3.05, 3.63) is 23.5 Å². The van der Waals surface area contributed by atoms with Gasteiger partial charge in [0.25, 0.3) is 0 Å². The average molecular weight is 164 g/mol. The molecule has 0 aliphatic heterocycles. The zero-order chi connectivity index (χ0) is 8.97. The molecule has 0 atom stereocenters. The lowest BCUT2D eigenvalue weighted by atomic mass is 9.95. The summed E-state index contributed by atoms with van der Waals surface area (Å²) in [6.07, 6.45) is 4.24. The van der Waals surface area contributed by atoms with Crippen LogP contribution in [0.5, 0.6) is 0 Å². The second kappa shape index (κ2) is 4.19. The van der Waals surface area contributed by atoms with E-state index < -0.39 is 0 Å². The SMILES string of the molecule is CCC(CC)c1cnnc(C)c1. The minimum atomic E-state index is 0.652. The highest BCUT2D eigenvalue weighted by atomic mass is 15.1. The molecule has 1 rings (SSSR count). The van der Waals surface area contributed by atoms with Crippen molar-refractivity contribution in [1.82, 2.24) is 10.2 Å². The van der Waals surface area contributed by atoms with E-state index in [0.717, 1.165) is 5.69 Å². The highest BCUT2D eigenvalue weighted by molar-refractivity contribution is 5.16. The predicted octanol–water partition coefficient (Wildman–Crippen LogP) is 2.69. The molecule has 0 bridgehead atoms. The van der Waals surface area contributed by atoms with Crippen molar-refractivity contribution < 1.29 is 0 Å². The van der Waals surface area contributed by atoms with Gasteiger partial charge in [-0.15, -0.1) is 0 Å². The van der Waals surface area contributed by atoms with Crippen molar-refractivity contribution in [2.75, 3.05) is 0 Å². The van der Waals surface area contributed by atoms with E-state index in [2.05, 4.69) is 30.1 Å². The van der Waals surface area contributed by atoms with Crippen molar-refractivity contribution >= 4 is 0 Å². The van der Waals surface area contributed by atoms with E-state index in [1.807, 2.05) is 13.1 Å². The summed E-state index contributed by atoms with van der Waals surface area (Å²) in [5.41, 5.74) is 2.34. The Balaban J connectivity index is 2.85. The van der Waals surface area contributed by atoms with Gasteiger partial charge >= 0.3 is 0 Å². The van der Waals surface area contributed by atoms with Gasteiger partial charge in [-0.25, -0.2) is 0 Å². The quantitative estimate of drug-likeness (QED) is 0.686. The highest BCUT2D eigenvalue weighted by Gasteiger charge is 2.06. The second-order valence-corrected chi connectivity index (χ2v) is 3.14. The standard InChI is InChI=1S/C10H16N2/c1-4-9(5-2)10-6-8(3)12-11-7-10/h6-7,9H,4-5H2,1-3H3. The monoisotopic (exact) mass is 164 g/mol. The van der Waals surface area contributed by atoms with Crippen molar-refractivity contribution in [3.63, 3.8) is 0 Å². The van der Waals surface area contributed by atoms with Gasteiger partial charge in [0.1, 0.15) is 0 Å². The first-order chi connectivity index (χ1) is 5.77. The zero-order valence-electron chi connectivity index (χ0n) is 8.04. The molecule has 0 aromatic carbocycles. The number of hydrogen-bond acceptors (Lipinski definition) is 2. The van der Waals surface area contributed by atoms with Gasteiger partial charge in [0.05, 0.1) is 11.9 Å². The fraction of sp³-hybridized carbons (Fsp3) is 0.600. The number of hydrogen-bond donors (Lipinski definition) is 0. The third-order valence-electron chi connectivity index (χ3n) is 2.25. The molecule has 0 radical (unpaired) electrons.